The van der Waals surface area contributed by atoms with Gasteiger partial charge in [0, 0.05) is 25.2 Å². The van der Waals surface area contributed by atoms with Crippen molar-refractivity contribution in [3.63, 3.8) is 0 Å². The molecule has 2 atom stereocenters. The third-order valence-corrected chi connectivity index (χ3v) is 3.63. The lowest BCUT2D eigenvalue weighted by Gasteiger charge is -2.36. The number of ether oxygens (including phenoxy) is 1. The first-order valence-electron chi connectivity index (χ1n) is 6.33. The number of hydrogen-bond donors (Lipinski definition) is 1. The second-order valence-corrected chi connectivity index (χ2v) is 5.19. The van der Waals surface area contributed by atoms with Gasteiger partial charge in [-0.25, -0.2) is 0 Å². The first kappa shape index (κ1) is 11.4. The summed E-state index contributed by atoms with van der Waals surface area (Å²) >= 11 is 0. The molecule has 3 nitrogen and oxygen atoms in total. The molecule has 2 fully saturated rings. The Morgan fingerprint density at radius 3 is 2.80 bits per heavy atom. The van der Waals surface area contributed by atoms with E-state index in [0.29, 0.717) is 12.1 Å². The van der Waals surface area contributed by atoms with Crippen molar-refractivity contribution in [1.82, 2.24) is 4.90 Å². The van der Waals surface area contributed by atoms with Crippen LogP contribution in [0.4, 0.5) is 0 Å². The molecular weight excluding hydrogens is 188 g/mol. The van der Waals surface area contributed by atoms with Crippen LogP contribution < -0.4 is 5.73 Å². The van der Waals surface area contributed by atoms with Crippen molar-refractivity contribution in [2.75, 3.05) is 26.3 Å². The standard InChI is InChI=1S/C12H24N2O/c1-10-8-12(13)4-5-14(10)6-7-15-9-11-2-3-11/h10-12H,2-9,13H2,1H3. The Morgan fingerprint density at radius 2 is 2.13 bits per heavy atom. The average molecular weight is 212 g/mol. The van der Waals surface area contributed by atoms with Crippen LogP contribution in [0.2, 0.25) is 0 Å². The van der Waals surface area contributed by atoms with Crippen molar-refractivity contribution in [3.05, 3.63) is 0 Å². The van der Waals surface area contributed by atoms with E-state index in [1.807, 2.05) is 0 Å². The van der Waals surface area contributed by atoms with Gasteiger partial charge in [-0.15, -0.1) is 0 Å². The van der Waals surface area contributed by atoms with Crippen LogP contribution in [0.5, 0.6) is 0 Å². The van der Waals surface area contributed by atoms with Crippen LogP contribution in [0.1, 0.15) is 32.6 Å². The maximum Gasteiger partial charge on any atom is 0.0593 e. The molecule has 1 aliphatic heterocycles. The second kappa shape index (κ2) is 5.28. The fraction of sp³-hybridized carbons (Fsp3) is 1.00. The van der Waals surface area contributed by atoms with Crippen molar-refractivity contribution in [1.29, 1.82) is 0 Å². The van der Waals surface area contributed by atoms with Gasteiger partial charge in [-0.3, -0.25) is 4.90 Å². The predicted molar refractivity (Wildman–Crippen MR) is 61.8 cm³/mol. The highest BCUT2D eigenvalue weighted by Gasteiger charge is 2.23. The van der Waals surface area contributed by atoms with E-state index in [1.165, 1.54) is 12.8 Å². The zero-order valence-electron chi connectivity index (χ0n) is 9.82. The molecule has 2 unspecified atom stereocenters. The zero-order valence-corrected chi connectivity index (χ0v) is 9.82. The lowest BCUT2D eigenvalue weighted by Crippen LogP contribution is -2.46. The summed E-state index contributed by atoms with van der Waals surface area (Å²) < 4.78 is 5.66. The number of rotatable bonds is 5. The van der Waals surface area contributed by atoms with Crippen LogP contribution in [-0.4, -0.2) is 43.3 Å². The quantitative estimate of drug-likeness (QED) is 0.697. The fourth-order valence-electron chi connectivity index (χ4n) is 2.31. The number of nitrogens with two attached hydrogens (primary N) is 1. The van der Waals surface area contributed by atoms with E-state index in [2.05, 4.69) is 11.8 Å². The monoisotopic (exact) mass is 212 g/mol. The Labute approximate surface area is 93.0 Å². The van der Waals surface area contributed by atoms with Gasteiger partial charge in [-0.05, 0) is 45.1 Å². The molecule has 1 saturated heterocycles. The van der Waals surface area contributed by atoms with Crippen LogP contribution in [-0.2, 0) is 4.74 Å². The molecule has 88 valence electrons. The molecule has 0 aromatic heterocycles. The number of hydrogen-bond acceptors (Lipinski definition) is 3. The summed E-state index contributed by atoms with van der Waals surface area (Å²) in [6.07, 6.45) is 5.06. The van der Waals surface area contributed by atoms with Crippen molar-refractivity contribution in [2.45, 2.75) is 44.7 Å². The van der Waals surface area contributed by atoms with Crippen LogP contribution in [0.25, 0.3) is 0 Å². The van der Waals surface area contributed by atoms with Gasteiger partial charge < -0.3 is 10.5 Å². The molecule has 0 amide bonds. The zero-order chi connectivity index (χ0) is 10.7. The van der Waals surface area contributed by atoms with Crippen LogP contribution >= 0.6 is 0 Å². The summed E-state index contributed by atoms with van der Waals surface area (Å²) in [5.74, 6) is 0.886. The molecule has 2 aliphatic rings. The fourth-order valence-corrected chi connectivity index (χ4v) is 2.31. The van der Waals surface area contributed by atoms with Gasteiger partial charge in [0.05, 0.1) is 6.61 Å². The minimum absolute atomic E-state index is 0.420. The Morgan fingerprint density at radius 1 is 1.33 bits per heavy atom. The summed E-state index contributed by atoms with van der Waals surface area (Å²) in [5.41, 5.74) is 5.93. The molecule has 1 heterocycles. The third-order valence-electron chi connectivity index (χ3n) is 3.63. The summed E-state index contributed by atoms with van der Waals surface area (Å²) in [6, 6.07) is 1.06. The minimum Gasteiger partial charge on any atom is -0.380 e. The molecule has 1 aliphatic carbocycles. The Bertz CT molecular complexity index is 194. The summed E-state index contributed by atoms with van der Waals surface area (Å²) in [6.45, 7) is 6.40. The second-order valence-electron chi connectivity index (χ2n) is 5.19. The Balaban J connectivity index is 1.56. The number of piperidine rings is 1. The van der Waals surface area contributed by atoms with Crippen molar-refractivity contribution in [2.24, 2.45) is 11.7 Å². The normalized spacial score (nSPS) is 33.2. The molecule has 3 heteroatoms. The molecule has 2 N–H and O–H groups in total. The summed E-state index contributed by atoms with van der Waals surface area (Å²) in [7, 11) is 0. The average Bonchev–Trinajstić information content (AvgIpc) is 2.99. The molecule has 0 radical (unpaired) electrons. The molecule has 0 bridgehead atoms. The van der Waals surface area contributed by atoms with E-state index in [-0.39, 0.29) is 0 Å². The summed E-state index contributed by atoms with van der Waals surface area (Å²) in [5, 5.41) is 0. The number of nitrogens with zero attached hydrogens (tertiary/aromatic N) is 1. The van der Waals surface area contributed by atoms with Crippen molar-refractivity contribution in [3.8, 4) is 0 Å². The van der Waals surface area contributed by atoms with Crippen molar-refractivity contribution < 1.29 is 4.74 Å². The van der Waals surface area contributed by atoms with Gasteiger partial charge in [-0.2, -0.15) is 0 Å². The third kappa shape index (κ3) is 3.74. The highest BCUT2D eigenvalue weighted by Crippen LogP contribution is 2.28. The first-order valence-corrected chi connectivity index (χ1v) is 6.33. The van der Waals surface area contributed by atoms with E-state index in [0.717, 1.165) is 45.1 Å². The van der Waals surface area contributed by atoms with Gasteiger partial charge in [-0.1, -0.05) is 0 Å². The largest absolute Gasteiger partial charge is 0.380 e. The topological polar surface area (TPSA) is 38.5 Å². The first-order chi connectivity index (χ1) is 7.25. The van der Waals surface area contributed by atoms with E-state index in [1.54, 1.807) is 0 Å². The minimum atomic E-state index is 0.420. The van der Waals surface area contributed by atoms with Gasteiger partial charge in [0.25, 0.3) is 0 Å². The highest BCUT2D eigenvalue weighted by molar-refractivity contribution is 4.80. The van der Waals surface area contributed by atoms with E-state index >= 15 is 0 Å². The van der Waals surface area contributed by atoms with E-state index in [9.17, 15) is 0 Å². The molecule has 0 aromatic carbocycles. The van der Waals surface area contributed by atoms with Gasteiger partial charge in [0.1, 0.15) is 0 Å². The molecular formula is C12H24N2O. The van der Waals surface area contributed by atoms with Gasteiger partial charge in [0.2, 0.25) is 0 Å². The maximum absolute atomic E-state index is 5.93. The Hall–Kier alpha value is -0.120. The van der Waals surface area contributed by atoms with Crippen LogP contribution in [0, 0.1) is 5.92 Å². The predicted octanol–water partition coefficient (Wildman–Crippen LogP) is 1.22. The highest BCUT2D eigenvalue weighted by atomic mass is 16.5. The lowest BCUT2D eigenvalue weighted by molar-refractivity contribution is 0.0679. The van der Waals surface area contributed by atoms with Crippen LogP contribution in [0.3, 0.4) is 0 Å². The molecule has 1 saturated carbocycles. The SMILES string of the molecule is CC1CC(N)CCN1CCOCC1CC1. The number of likely N-dealkylation sites (tertiary alicyclic amines) is 1. The van der Waals surface area contributed by atoms with Gasteiger partial charge in [0.15, 0.2) is 0 Å². The Kier molecular flexibility index (Phi) is 4.00. The van der Waals surface area contributed by atoms with Crippen LogP contribution in [0.15, 0.2) is 0 Å². The van der Waals surface area contributed by atoms with E-state index in [4.69, 9.17) is 10.5 Å². The van der Waals surface area contributed by atoms with Crippen molar-refractivity contribution >= 4 is 0 Å². The van der Waals surface area contributed by atoms with Gasteiger partial charge >= 0.3 is 0 Å². The molecule has 15 heavy (non-hydrogen) atoms. The van der Waals surface area contributed by atoms with E-state index < -0.39 is 0 Å². The lowest BCUT2D eigenvalue weighted by atomic mass is 9.99. The smallest absolute Gasteiger partial charge is 0.0593 e. The maximum atomic E-state index is 5.93. The molecule has 2 rings (SSSR count). The molecule has 0 spiro atoms. The summed E-state index contributed by atoms with van der Waals surface area (Å²) in [4.78, 5) is 2.51. The molecule has 0 aromatic rings.